The van der Waals surface area contributed by atoms with Crippen LogP contribution < -0.4 is 10.1 Å². The van der Waals surface area contributed by atoms with Crippen molar-refractivity contribution in [3.63, 3.8) is 0 Å². The summed E-state index contributed by atoms with van der Waals surface area (Å²) >= 11 is 8.60. The van der Waals surface area contributed by atoms with Crippen LogP contribution in [0.2, 0.25) is 5.02 Å². The number of rotatable bonds is 4. The van der Waals surface area contributed by atoms with Crippen molar-refractivity contribution in [3.05, 3.63) is 61.7 Å². The quantitative estimate of drug-likeness (QED) is 0.751. The van der Waals surface area contributed by atoms with E-state index in [1.165, 1.54) is 20.3 Å². The lowest BCUT2D eigenvalue weighted by Gasteiger charge is -2.19. The second-order valence-corrected chi connectivity index (χ2v) is 6.93. The van der Waals surface area contributed by atoms with E-state index in [1.807, 2.05) is 19.2 Å². The van der Waals surface area contributed by atoms with E-state index in [0.29, 0.717) is 0 Å². The number of ether oxygens (including phenoxy) is 1. The van der Waals surface area contributed by atoms with Gasteiger partial charge in [-0.1, -0.05) is 23.7 Å². The summed E-state index contributed by atoms with van der Waals surface area (Å²) in [6.07, 6.45) is 1.83. The van der Waals surface area contributed by atoms with Gasteiger partial charge in [0.25, 0.3) is 0 Å². The molecule has 0 amide bonds. The smallest absolute Gasteiger partial charge is 0.125 e. The number of hydrogen-bond donors (Lipinski definition) is 1. The molecule has 0 saturated heterocycles. The van der Waals surface area contributed by atoms with Crippen LogP contribution in [-0.4, -0.2) is 13.7 Å². The minimum absolute atomic E-state index is 0.256. The zero-order valence-electron chi connectivity index (χ0n) is 11.8. The van der Waals surface area contributed by atoms with Gasteiger partial charge in [0.2, 0.25) is 0 Å². The third-order valence-corrected chi connectivity index (χ3v) is 4.74. The maximum absolute atomic E-state index is 6.25. The van der Waals surface area contributed by atoms with Crippen molar-refractivity contribution >= 4 is 34.2 Å². The van der Waals surface area contributed by atoms with Crippen LogP contribution in [0.5, 0.6) is 5.75 Å². The van der Waals surface area contributed by atoms with E-state index < -0.39 is 0 Å². The molecule has 3 rings (SSSR count). The highest BCUT2D eigenvalue weighted by Crippen LogP contribution is 2.35. The topological polar surface area (TPSA) is 21.3 Å². The highest BCUT2D eigenvalue weighted by Gasteiger charge is 2.20. The average molecular weight is 414 g/mol. The molecule has 0 saturated carbocycles. The molecular weight excluding hydrogens is 397 g/mol. The first-order valence-corrected chi connectivity index (χ1v) is 8.50. The van der Waals surface area contributed by atoms with Crippen LogP contribution in [0.3, 0.4) is 0 Å². The lowest BCUT2D eigenvalue weighted by molar-refractivity contribution is 0.352. The molecule has 4 heteroatoms. The molecule has 1 atom stereocenters. The number of halogens is 2. The predicted octanol–water partition coefficient (Wildman–Crippen LogP) is 4.38. The number of likely N-dealkylation sites (N-methyl/N-ethyl adjacent to an activating group) is 1. The first-order valence-electron chi connectivity index (χ1n) is 7.04. The summed E-state index contributed by atoms with van der Waals surface area (Å²) in [7, 11) is 2.00. The molecule has 0 bridgehead atoms. The van der Waals surface area contributed by atoms with Crippen LogP contribution in [-0.2, 0) is 12.8 Å². The third-order valence-electron chi connectivity index (χ3n) is 3.85. The molecule has 1 heterocycles. The van der Waals surface area contributed by atoms with E-state index in [-0.39, 0.29) is 6.04 Å². The minimum Gasteiger partial charge on any atom is -0.493 e. The molecule has 1 aliphatic heterocycles. The Morgan fingerprint density at radius 2 is 2.19 bits per heavy atom. The van der Waals surface area contributed by atoms with Crippen molar-refractivity contribution in [2.45, 2.75) is 18.9 Å². The van der Waals surface area contributed by atoms with Gasteiger partial charge >= 0.3 is 0 Å². The fourth-order valence-electron chi connectivity index (χ4n) is 2.83. The van der Waals surface area contributed by atoms with Gasteiger partial charge in [-0.05, 0) is 77.0 Å². The Hall–Kier alpha value is -0.780. The van der Waals surface area contributed by atoms with Crippen LogP contribution in [0.1, 0.15) is 22.7 Å². The Labute approximate surface area is 144 Å². The molecule has 0 aromatic heterocycles. The fraction of sp³-hybridized carbons (Fsp3) is 0.294. The second kappa shape index (κ2) is 6.55. The molecule has 0 radical (unpaired) electrons. The Kier molecular flexibility index (Phi) is 4.72. The summed E-state index contributed by atoms with van der Waals surface area (Å²) in [4.78, 5) is 0. The molecule has 0 spiro atoms. The summed E-state index contributed by atoms with van der Waals surface area (Å²) in [5, 5.41) is 4.20. The summed E-state index contributed by atoms with van der Waals surface area (Å²) < 4.78 is 7.05. The van der Waals surface area contributed by atoms with Crippen LogP contribution in [0.4, 0.5) is 0 Å². The largest absolute Gasteiger partial charge is 0.493 e. The molecular formula is C17H17ClINO. The molecule has 1 N–H and O–H groups in total. The lowest BCUT2D eigenvalue weighted by Crippen LogP contribution is -2.19. The Morgan fingerprint density at radius 1 is 1.33 bits per heavy atom. The number of benzene rings is 2. The van der Waals surface area contributed by atoms with Crippen molar-refractivity contribution in [2.75, 3.05) is 13.7 Å². The molecule has 2 aromatic carbocycles. The zero-order chi connectivity index (χ0) is 14.8. The Balaban J connectivity index is 1.91. The van der Waals surface area contributed by atoms with Crippen molar-refractivity contribution in [3.8, 4) is 5.75 Å². The predicted molar refractivity (Wildman–Crippen MR) is 95.3 cm³/mol. The number of hydrogen-bond acceptors (Lipinski definition) is 2. The molecule has 21 heavy (non-hydrogen) atoms. The summed E-state index contributed by atoms with van der Waals surface area (Å²) in [6, 6.07) is 12.9. The van der Waals surface area contributed by atoms with Crippen LogP contribution in [0, 0.1) is 3.57 Å². The van der Waals surface area contributed by atoms with Crippen LogP contribution in [0.25, 0.3) is 0 Å². The monoisotopic (exact) mass is 413 g/mol. The Morgan fingerprint density at radius 3 is 2.95 bits per heavy atom. The standard InChI is InChI=1S/C17H17ClINO/c1-20-16(11-3-2-4-15(19)9-11)10-13-8-14(18)7-12-5-6-21-17(12)13/h2-4,7-9,16,20H,5-6,10H2,1H3. The van der Waals surface area contributed by atoms with Crippen LogP contribution >= 0.6 is 34.2 Å². The van der Waals surface area contributed by atoms with E-state index in [1.54, 1.807) is 0 Å². The van der Waals surface area contributed by atoms with Crippen molar-refractivity contribution in [2.24, 2.45) is 0 Å². The Bertz CT molecular complexity index is 659. The SMILES string of the molecule is CNC(Cc1cc(Cl)cc2c1OCC2)c1cccc(I)c1. The zero-order valence-corrected chi connectivity index (χ0v) is 14.7. The van der Waals surface area contributed by atoms with Gasteiger partial charge < -0.3 is 10.1 Å². The molecule has 2 nitrogen and oxygen atoms in total. The summed E-state index contributed by atoms with van der Waals surface area (Å²) in [5.41, 5.74) is 3.71. The van der Waals surface area contributed by atoms with Gasteiger partial charge in [0.1, 0.15) is 5.75 Å². The molecule has 0 fully saturated rings. The second-order valence-electron chi connectivity index (χ2n) is 5.25. The van der Waals surface area contributed by atoms with Gasteiger partial charge in [-0.3, -0.25) is 0 Å². The first-order chi connectivity index (χ1) is 10.2. The normalized spacial score (nSPS) is 14.6. The van der Waals surface area contributed by atoms with E-state index in [4.69, 9.17) is 16.3 Å². The summed E-state index contributed by atoms with van der Waals surface area (Å²) in [6.45, 7) is 0.760. The van der Waals surface area contributed by atoms with Crippen molar-refractivity contribution in [1.29, 1.82) is 0 Å². The minimum atomic E-state index is 0.256. The summed E-state index contributed by atoms with van der Waals surface area (Å²) in [5.74, 6) is 1.03. The maximum Gasteiger partial charge on any atom is 0.125 e. The van der Waals surface area contributed by atoms with E-state index >= 15 is 0 Å². The van der Waals surface area contributed by atoms with Gasteiger partial charge in [-0.2, -0.15) is 0 Å². The molecule has 110 valence electrons. The van der Waals surface area contributed by atoms with Gasteiger partial charge in [-0.15, -0.1) is 0 Å². The van der Waals surface area contributed by atoms with Crippen LogP contribution in [0.15, 0.2) is 36.4 Å². The molecule has 1 aliphatic rings. The maximum atomic E-state index is 6.25. The number of nitrogens with one attached hydrogen (secondary N) is 1. The van der Waals surface area contributed by atoms with E-state index in [0.717, 1.165) is 30.2 Å². The molecule has 0 aliphatic carbocycles. The number of fused-ring (bicyclic) bond motifs is 1. The van der Waals surface area contributed by atoms with Gasteiger partial charge in [-0.25, -0.2) is 0 Å². The van der Waals surface area contributed by atoms with Crippen molar-refractivity contribution in [1.82, 2.24) is 5.32 Å². The first kappa shape index (κ1) is 15.1. The average Bonchev–Trinajstić information content (AvgIpc) is 2.92. The van der Waals surface area contributed by atoms with Gasteiger partial charge in [0.05, 0.1) is 6.61 Å². The van der Waals surface area contributed by atoms with Gasteiger partial charge in [0.15, 0.2) is 0 Å². The van der Waals surface area contributed by atoms with E-state index in [2.05, 4.69) is 52.2 Å². The molecule has 2 aromatic rings. The van der Waals surface area contributed by atoms with E-state index in [9.17, 15) is 0 Å². The highest BCUT2D eigenvalue weighted by atomic mass is 127. The van der Waals surface area contributed by atoms with Crippen molar-refractivity contribution < 1.29 is 4.74 Å². The molecule has 1 unspecified atom stereocenters. The van der Waals surface area contributed by atoms with Gasteiger partial charge in [0, 0.05) is 21.1 Å². The lowest BCUT2D eigenvalue weighted by atomic mass is 9.97. The fourth-order valence-corrected chi connectivity index (χ4v) is 3.66. The highest BCUT2D eigenvalue weighted by molar-refractivity contribution is 14.1. The third kappa shape index (κ3) is 3.35.